The van der Waals surface area contributed by atoms with Crippen LogP contribution in [0.5, 0.6) is 0 Å². The van der Waals surface area contributed by atoms with Crippen LogP contribution in [-0.4, -0.2) is 59.3 Å². The van der Waals surface area contributed by atoms with Crippen LogP contribution in [0, 0.1) is 0 Å². The van der Waals surface area contributed by atoms with Gasteiger partial charge in [-0.2, -0.15) is 0 Å². The zero-order valence-electron chi connectivity index (χ0n) is 11.0. The number of methoxy groups -OCH3 is 1. The first kappa shape index (κ1) is 16.2. The Morgan fingerprint density at radius 2 is 2.26 bits per heavy atom. The van der Waals surface area contributed by atoms with E-state index in [0.29, 0.717) is 5.17 Å². The zero-order valence-corrected chi connectivity index (χ0v) is 11.8. The van der Waals surface area contributed by atoms with Crippen molar-refractivity contribution < 1.29 is 24.5 Å². The molecule has 1 heterocycles. The van der Waals surface area contributed by atoms with E-state index in [2.05, 4.69) is 9.73 Å². The van der Waals surface area contributed by atoms with Crippen LogP contribution in [0.25, 0.3) is 0 Å². The molecule has 8 heteroatoms. The molecule has 1 rings (SSSR count). The molecule has 0 saturated carbocycles. The number of carbonyl (C=O) groups is 1. The van der Waals surface area contributed by atoms with Crippen molar-refractivity contribution in [2.45, 2.75) is 43.0 Å². The molecule has 0 amide bonds. The van der Waals surface area contributed by atoms with Crippen LogP contribution in [0.15, 0.2) is 4.99 Å². The number of aliphatic imine (C=N–C) groups is 1. The quantitative estimate of drug-likeness (QED) is 0.362. The highest BCUT2D eigenvalue weighted by molar-refractivity contribution is 8.14. The third-order valence-electron chi connectivity index (χ3n) is 2.87. The third kappa shape index (κ3) is 4.98. The molecule has 0 aliphatic carbocycles. The first-order valence-corrected chi connectivity index (χ1v) is 6.83. The summed E-state index contributed by atoms with van der Waals surface area (Å²) in [6, 6.07) is 0. The molecule has 0 aromatic heterocycles. The number of carbonyl (C=O) groups excluding carboxylic acids is 1. The van der Waals surface area contributed by atoms with Gasteiger partial charge in [-0.3, -0.25) is 9.79 Å². The fourth-order valence-corrected chi connectivity index (χ4v) is 2.65. The van der Waals surface area contributed by atoms with Crippen LogP contribution in [0.3, 0.4) is 0 Å². The van der Waals surface area contributed by atoms with Crippen molar-refractivity contribution in [1.29, 1.82) is 0 Å². The molecule has 1 saturated heterocycles. The number of thioether (sulfide) groups is 1. The van der Waals surface area contributed by atoms with E-state index in [1.54, 1.807) is 7.05 Å². The first-order valence-electron chi connectivity index (χ1n) is 5.95. The number of esters is 1. The van der Waals surface area contributed by atoms with Crippen molar-refractivity contribution in [3.63, 3.8) is 0 Å². The highest BCUT2D eigenvalue weighted by Crippen LogP contribution is 2.29. The van der Waals surface area contributed by atoms with Crippen LogP contribution in [-0.2, 0) is 14.3 Å². The summed E-state index contributed by atoms with van der Waals surface area (Å²) >= 11 is 1.19. The van der Waals surface area contributed by atoms with Crippen LogP contribution in [0.4, 0.5) is 0 Å². The van der Waals surface area contributed by atoms with Gasteiger partial charge in [0.15, 0.2) is 5.17 Å². The normalized spacial score (nSPS) is 32.1. The topological polar surface area (TPSA) is 114 Å². The Morgan fingerprint density at radius 3 is 2.84 bits per heavy atom. The lowest BCUT2D eigenvalue weighted by Gasteiger charge is -2.36. The second kappa shape index (κ2) is 7.68. The molecular formula is C11H20N2O5S. The van der Waals surface area contributed by atoms with E-state index in [1.807, 2.05) is 0 Å². The van der Waals surface area contributed by atoms with E-state index >= 15 is 0 Å². The summed E-state index contributed by atoms with van der Waals surface area (Å²) in [6.07, 6.45) is -1.87. The van der Waals surface area contributed by atoms with Gasteiger partial charge >= 0.3 is 5.97 Å². The van der Waals surface area contributed by atoms with E-state index in [1.165, 1.54) is 18.9 Å². The lowest BCUT2D eigenvalue weighted by Crippen LogP contribution is -2.47. The van der Waals surface area contributed by atoms with Crippen LogP contribution in [0.2, 0.25) is 0 Å². The maximum Gasteiger partial charge on any atom is 0.305 e. The second-order valence-corrected chi connectivity index (χ2v) is 5.37. The van der Waals surface area contributed by atoms with Crippen molar-refractivity contribution >= 4 is 22.9 Å². The van der Waals surface area contributed by atoms with E-state index in [4.69, 9.17) is 10.5 Å². The third-order valence-corrected chi connectivity index (χ3v) is 3.86. The number of hydrogen-bond donors (Lipinski definition) is 3. The van der Waals surface area contributed by atoms with Gasteiger partial charge < -0.3 is 25.4 Å². The van der Waals surface area contributed by atoms with E-state index < -0.39 is 18.3 Å². The smallest absolute Gasteiger partial charge is 0.305 e. The maximum absolute atomic E-state index is 11.1. The van der Waals surface area contributed by atoms with Gasteiger partial charge in [-0.25, -0.2) is 0 Å². The van der Waals surface area contributed by atoms with Gasteiger partial charge in [0.05, 0.1) is 19.3 Å². The monoisotopic (exact) mass is 292 g/mol. The first-order chi connectivity index (χ1) is 8.97. The fourth-order valence-electron chi connectivity index (χ4n) is 1.78. The minimum atomic E-state index is -1.01. The average Bonchev–Trinajstić information content (AvgIpc) is 2.40. The summed E-state index contributed by atoms with van der Waals surface area (Å²) in [5, 5.41) is 20.0. The minimum Gasteiger partial charge on any atom is -0.469 e. The van der Waals surface area contributed by atoms with Crippen molar-refractivity contribution in [2.24, 2.45) is 10.7 Å². The highest BCUT2D eigenvalue weighted by atomic mass is 32.2. The summed E-state index contributed by atoms with van der Waals surface area (Å²) in [5.74, 6) is -0.380. The lowest BCUT2D eigenvalue weighted by molar-refractivity contribution is -0.154. The predicted octanol–water partition coefficient (Wildman–Crippen LogP) is -0.546. The number of ether oxygens (including phenoxy) is 2. The van der Waals surface area contributed by atoms with Gasteiger partial charge in [0.1, 0.15) is 11.5 Å². The summed E-state index contributed by atoms with van der Waals surface area (Å²) < 4.78 is 10.2. The van der Waals surface area contributed by atoms with Crippen LogP contribution < -0.4 is 5.73 Å². The Hall–Kier alpha value is -0.830. The van der Waals surface area contributed by atoms with E-state index in [0.717, 1.165) is 0 Å². The van der Waals surface area contributed by atoms with Crippen LogP contribution >= 0.6 is 11.8 Å². The molecule has 4 atom stereocenters. The Kier molecular flexibility index (Phi) is 6.56. The molecule has 0 radical (unpaired) electrons. The molecule has 110 valence electrons. The molecule has 0 aromatic carbocycles. The fraction of sp³-hybridized carbons (Fsp3) is 0.818. The number of amidine groups is 1. The Balaban J connectivity index is 2.55. The standard InChI is InChI=1S/C11H20N2O5S/c1-13-11(12)19-9-5-6(14)10(16)7(18-9)3-4-8(15)17-2/h6-7,9-10,14,16H,3-5H2,1-2H3,(H2,12,13). The molecule has 0 bridgehead atoms. The number of aliphatic hydroxyl groups is 2. The van der Waals surface area contributed by atoms with Gasteiger partial charge in [0.25, 0.3) is 0 Å². The lowest BCUT2D eigenvalue weighted by atomic mass is 9.99. The number of nitrogens with two attached hydrogens (primary N) is 1. The second-order valence-electron chi connectivity index (χ2n) is 4.19. The molecule has 0 aromatic rings. The number of rotatable bonds is 4. The van der Waals surface area contributed by atoms with Crippen LogP contribution in [0.1, 0.15) is 19.3 Å². The molecule has 7 nitrogen and oxygen atoms in total. The van der Waals surface area contributed by atoms with Crippen molar-refractivity contribution in [1.82, 2.24) is 0 Å². The molecule has 1 aliphatic heterocycles. The Morgan fingerprint density at radius 1 is 1.58 bits per heavy atom. The summed E-state index contributed by atoms with van der Waals surface area (Å²) in [5.41, 5.74) is 5.20. The average molecular weight is 292 g/mol. The molecule has 0 spiro atoms. The highest BCUT2D eigenvalue weighted by Gasteiger charge is 2.37. The maximum atomic E-state index is 11.1. The van der Waals surface area contributed by atoms with Gasteiger partial charge in [0.2, 0.25) is 0 Å². The van der Waals surface area contributed by atoms with Gasteiger partial charge in [-0.1, -0.05) is 11.8 Å². The van der Waals surface area contributed by atoms with E-state index in [-0.39, 0.29) is 30.7 Å². The van der Waals surface area contributed by atoms with E-state index in [9.17, 15) is 15.0 Å². The summed E-state index contributed by atoms with van der Waals surface area (Å²) in [6.45, 7) is 0. The molecular weight excluding hydrogens is 272 g/mol. The molecule has 1 fully saturated rings. The van der Waals surface area contributed by atoms with Crippen molar-refractivity contribution in [3.05, 3.63) is 0 Å². The number of aliphatic hydroxyl groups excluding tert-OH is 2. The molecule has 4 N–H and O–H groups in total. The molecule has 19 heavy (non-hydrogen) atoms. The molecule has 4 unspecified atom stereocenters. The largest absolute Gasteiger partial charge is 0.469 e. The Labute approximate surface area is 116 Å². The molecule has 1 aliphatic rings. The number of hydrogen-bond acceptors (Lipinski definition) is 7. The SMILES string of the molecule is CN=C(N)SC1CC(O)C(O)C(CCC(=O)OC)O1. The van der Waals surface area contributed by atoms with Crippen molar-refractivity contribution in [2.75, 3.05) is 14.2 Å². The summed E-state index contributed by atoms with van der Waals surface area (Å²) in [7, 11) is 2.86. The minimum absolute atomic E-state index is 0.125. The predicted molar refractivity (Wildman–Crippen MR) is 71.7 cm³/mol. The van der Waals surface area contributed by atoms with Crippen molar-refractivity contribution in [3.8, 4) is 0 Å². The van der Waals surface area contributed by atoms with Gasteiger partial charge in [0, 0.05) is 19.9 Å². The Bertz CT molecular complexity index is 339. The summed E-state index contributed by atoms with van der Waals surface area (Å²) in [4.78, 5) is 14.9. The van der Waals surface area contributed by atoms with Gasteiger partial charge in [-0.05, 0) is 6.42 Å². The van der Waals surface area contributed by atoms with Gasteiger partial charge in [-0.15, -0.1) is 0 Å². The zero-order chi connectivity index (χ0) is 14.4. The number of nitrogens with zero attached hydrogens (tertiary/aromatic N) is 1.